The van der Waals surface area contributed by atoms with Crippen LogP contribution in [-0.4, -0.2) is 77.1 Å². The molecule has 0 bridgehead atoms. The smallest absolute Gasteiger partial charge is 0.333 e. The molecule has 12 heteroatoms. The molecule has 1 aliphatic carbocycles. The van der Waals surface area contributed by atoms with Gasteiger partial charge < -0.3 is 14.6 Å². The van der Waals surface area contributed by atoms with Gasteiger partial charge >= 0.3 is 5.69 Å². The van der Waals surface area contributed by atoms with E-state index >= 15 is 0 Å². The Labute approximate surface area is 221 Å². The van der Waals surface area contributed by atoms with E-state index in [9.17, 15) is 18.0 Å². The molecule has 2 fully saturated rings. The molecule has 0 spiro atoms. The minimum atomic E-state index is -3.70. The third-order valence-corrected chi connectivity index (χ3v) is 8.77. The summed E-state index contributed by atoms with van der Waals surface area (Å²) in [4.78, 5) is 32.4. The van der Waals surface area contributed by atoms with Crippen molar-refractivity contribution in [3.05, 3.63) is 50.7 Å². The fraction of sp³-hybridized carbons (Fsp3) is 0.500. The first-order valence-electron chi connectivity index (χ1n) is 12.8. The molecule has 0 unspecified atom stereocenters. The fourth-order valence-corrected chi connectivity index (χ4v) is 6.45. The van der Waals surface area contributed by atoms with Gasteiger partial charge in [0.2, 0.25) is 15.0 Å². The van der Waals surface area contributed by atoms with Crippen molar-refractivity contribution >= 4 is 26.7 Å². The first kappa shape index (κ1) is 26.2. The summed E-state index contributed by atoms with van der Waals surface area (Å²) in [5.74, 6) is 6.18. The monoisotopic (exact) mass is 540 g/mol. The number of aromatic nitrogens is 4. The van der Waals surface area contributed by atoms with Crippen LogP contribution in [0, 0.1) is 17.8 Å². The van der Waals surface area contributed by atoms with Crippen molar-refractivity contribution in [2.75, 3.05) is 50.5 Å². The van der Waals surface area contributed by atoms with Crippen molar-refractivity contribution in [1.29, 1.82) is 0 Å². The predicted octanol–water partition coefficient (Wildman–Crippen LogP) is 0.413. The lowest BCUT2D eigenvalue weighted by molar-refractivity contribution is 0.0398. The molecule has 2 aromatic heterocycles. The number of nitrogens with one attached hydrogen (secondary N) is 1. The number of rotatable bonds is 8. The highest BCUT2D eigenvalue weighted by Crippen LogP contribution is 2.32. The number of morpholine rings is 1. The molecule has 202 valence electrons. The van der Waals surface area contributed by atoms with Gasteiger partial charge in [0.15, 0.2) is 11.2 Å². The molecule has 5 rings (SSSR count). The van der Waals surface area contributed by atoms with Crippen LogP contribution in [0.5, 0.6) is 0 Å². The minimum Gasteiger partial charge on any atom is -0.384 e. The topological polar surface area (TPSA) is 120 Å². The summed E-state index contributed by atoms with van der Waals surface area (Å²) in [5.41, 5.74) is 0.621. The van der Waals surface area contributed by atoms with E-state index in [0.717, 1.165) is 68.1 Å². The fourth-order valence-electron chi connectivity index (χ4n) is 4.61. The molecule has 11 nitrogen and oxygen atoms in total. The number of ether oxygens (including phenoxy) is 1. The molecule has 1 aliphatic heterocycles. The molecule has 3 aromatic rings. The van der Waals surface area contributed by atoms with Crippen molar-refractivity contribution in [2.45, 2.75) is 24.5 Å². The van der Waals surface area contributed by atoms with E-state index in [4.69, 9.17) is 4.74 Å². The van der Waals surface area contributed by atoms with Crippen LogP contribution in [-0.2, 0) is 35.2 Å². The van der Waals surface area contributed by atoms with Crippen molar-refractivity contribution in [1.82, 2.24) is 23.6 Å². The van der Waals surface area contributed by atoms with Crippen molar-refractivity contribution < 1.29 is 13.2 Å². The lowest BCUT2D eigenvalue weighted by Crippen LogP contribution is -2.39. The highest BCUT2D eigenvalue weighted by Gasteiger charge is 2.33. The highest BCUT2D eigenvalue weighted by atomic mass is 32.2. The van der Waals surface area contributed by atoms with Gasteiger partial charge in [-0.3, -0.25) is 18.8 Å². The molecule has 1 aromatic carbocycles. The standard InChI is InChI=1S/C26H32N6O5S/c1-29-22-23(28-25(29)38(35,36)18-20-8-9-20)32(26(34)30(2)24(22)33)11-4-6-19-5-3-7-21(17-19)27-10-12-31-13-15-37-16-14-31/h3,5,7,17,20,27H,8-16,18H2,1-2H3. The van der Waals surface area contributed by atoms with Crippen LogP contribution in [0.4, 0.5) is 5.69 Å². The van der Waals surface area contributed by atoms with Crippen LogP contribution in [0.25, 0.3) is 11.2 Å². The first-order valence-corrected chi connectivity index (χ1v) is 14.4. The average Bonchev–Trinajstić information content (AvgIpc) is 3.64. The summed E-state index contributed by atoms with van der Waals surface area (Å²) in [6.45, 7) is 5.10. The highest BCUT2D eigenvalue weighted by molar-refractivity contribution is 7.91. The number of benzene rings is 1. The van der Waals surface area contributed by atoms with E-state index in [1.165, 1.54) is 23.2 Å². The van der Waals surface area contributed by atoms with Gasteiger partial charge in [-0.1, -0.05) is 17.9 Å². The van der Waals surface area contributed by atoms with Gasteiger partial charge in [0.1, 0.15) is 0 Å². The second kappa shape index (κ2) is 10.8. The first-order chi connectivity index (χ1) is 18.2. The van der Waals surface area contributed by atoms with Crippen molar-refractivity contribution in [3.8, 4) is 11.8 Å². The van der Waals surface area contributed by atoms with Crippen molar-refractivity contribution in [3.63, 3.8) is 0 Å². The van der Waals surface area contributed by atoms with Gasteiger partial charge in [0.25, 0.3) is 5.56 Å². The van der Waals surface area contributed by atoms with E-state index in [2.05, 4.69) is 27.0 Å². The molecule has 1 N–H and O–H groups in total. The summed E-state index contributed by atoms with van der Waals surface area (Å²) in [6.07, 6.45) is 1.74. The van der Waals surface area contributed by atoms with Crippen molar-refractivity contribution in [2.24, 2.45) is 20.0 Å². The molecule has 1 saturated carbocycles. The van der Waals surface area contributed by atoms with E-state index in [1.54, 1.807) is 0 Å². The predicted molar refractivity (Wildman–Crippen MR) is 144 cm³/mol. The minimum absolute atomic E-state index is 0.00859. The Kier molecular flexibility index (Phi) is 7.43. The van der Waals surface area contributed by atoms with Crippen LogP contribution in [0.15, 0.2) is 39.0 Å². The summed E-state index contributed by atoms with van der Waals surface area (Å²) in [6, 6.07) is 7.70. The SMILES string of the molecule is Cn1c(=O)c2c(nc(S(=O)(=O)CC3CC3)n2C)n(CC#Cc2cccc(NCCN3CCOCC3)c2)c1=O. The second-order valence-corrected chi connectivity index (χ2v) is 11.8. The Bertz CT molecular complexity index is 1630. The van der Waals surface area contributed by atoms with E-state index in [1.807, 2.05) is 24.3 Å². The van der Waals surface area contributed by atoms with Crippen LogP contribution >= 0.6 is 0 Å². The third-order valence-electron chi connectivity index (χ3n) is 6.94. The molecular formula is C26H32N6O5S. The van der Waals surface area contributed by atoms with Gasteiger partial charge in [-0.25, -0.2) is 13.2 Å². The van der Waals surface area contributed by atoms with Gasteiger partial charge in [-0.2, -0.15) is 4.98 Å². The molecule has 0 atom stereocenters. The van der Waals surface area contributed by atoms with E-state index in [0.29, 0.717) is 0 Å². The maximum atomic E-state index is 12.9. The van der Waals surface area contributed by atoms with Gasteiger partial charge in [0, 0.05) is 51.5 Å². The molecule has 0 radical (unpaired) electrons. The van der Waals surface area contributed by atoms with Gasteiger partial charge in [-0.05, 0) is 37.0 Å². The van der Waals surface area contributed by atoms with Crippen LogP contribution in [0.3, 0.4) is 0 Å². The Morgan fingerprint density at radius 1 is 1.13 bits per heavy atom. The molecule has 0 amide bonds. The molecule has 38 heavy (non-hydrogen) atoms. The summed E-state index contributed by atoms with van der Waals surface area (Å²) < 4.78 is 34.8. The summed E-state index contributed by atoms with van der Waals surface area (Å²) in [5, 5.41) is 3.22. The van der Waals surface area contributed by atoms with Crippen LogP contribution in [0.2, 0.25) is 0 Å². The zero-order chi connectivity index (χ0) is 26.9. The quantitative estimate of drug-likeness (QED) is 0.408. The van der Waals surface area contributed by atoms with Crippen LogP contribution < -0.4 is 16.6 Å². The number of nitrogens with zero attached hydrogens (tertiary/aromatic N) is 5. The number of sulfone groups is 1. The molecule has 2 aliphatic rings. The summed E-state index contributed by atoms with van der Waals surface area (Å²) >= 11 is 0. The number of fused-ring (bicyclic) bond motifs is 1. The average molecular weight is 541 g/mol. The number of anilines is 1. The second-order valence-electron chi connectivity index (χ2n) is 9.85. The number of hydrogen-bond donors (Lipinski definition) is 1. The molecule has 1 saturated heterocycles. The summed E-state index contributed by atoms with van der Waals surface area (Å²) in [7, 11) is -0.835. The Hall–Kier alpha value is -3.40. The zero-order valence-electron chi connectivity index (χ0n) is 21.6. The zero-order valence-corrected chi connectivity index (χ0v) is 22.5. The largest absolute Gasteiger partial charge is 0.384 e. The Morgan fingerprint density at radius 3 is 2.63 bits per heavy atom. The lowest BCUT2D eigenvalue weighted by atomic mass is 10.2. The Morgan fingerprint density at radius 2 is 1.89 bits per heavy atom. The maximum absolute atomic E-state index is 12.9. The number of hydrogen-bond acceptors (Lipinski definition) is 8. The lowest BCUT2D eigenvalue weighted by Gasteiger charge is -2.26. The number of imidazole rings is 1. The maximum Gasteiger partial charge on any atom is 0.333 e. The number of aryl methyl sites for hydroxylation is 1. The Balaban J connectivity index is 1.37. The third kappa shape index (κ3) is 5.55. The van der Waals surface area contributed by atoms with E-state index in [-0.39, 0.29) is 34.5 Å². The normalized spacial score (nSPS) is 16.4. The molecular weight excluding hydrogens is 508 g/mol. The van der Waals surface area contributed by atoms with E-state index < -0.39 is 21.1 Å². The van der Waals surface area contributed by atoms with Gasteiger partial charge in [0.05, 0.1) is 25.5 Å². The molecule has 3 heterocycles. The van der Waals surface area contributed by atoms with Gasteiger partial charge in [-0.15, -0.1) is 0 Å². The van der Waals surface area contributed by atoms with Crippen LogP contribution in [0.1, 0.15) is 18.4 Å².